The monoisotopic (exact) mass is 243 g/mol. The Kier molecular flexibility index (Phi) is 5.56. The van der Waals surface area contributed by atoms with Crippen molar-refractivity contribution in [3.63, 3.8) is 0 Å². The van der Waals surface area contributed by atoms with Crippen molar-refractivity contribution in [1.82, 2.24) is 4.98 Å². The van der Waals surface area contributed by atoms with Crippen LogP contribution in [0.4, 0.5) is 0 Å². The highest BCUT2D eigenvalue weighted by molar-refractivity contribution is 6.17. The van der Waals surface area contributed by atoms with Gasteiger partial charge in [-0.05, 0) is 13.8 Å². The predicted octanol–water partition coefficient (Wildman–Crippen LogP) is 2.85. The number of nitrogens with zero attached hydrogens (tertiary/aromatic N) is 1. The Morgan fingerprint density at radius 2 is 2.06 bits per heavy atom. The largest absolute Gasteiger partial charge is 0.493 e. The van der Waals surface area contributed by atoms with Crippen molar-refractivity contribution in [3.8, 4) is 5.75 Å². The number of aryl methyl sites for hydroxylation is 1. The Morgan fingerprint density at radius 1 is 1.31 bits per heavy atom. The zero-order valence-corrected chi connectivity index (χ0v) is 10.8. The molecule has 0 N–H and O–H groups in total. The van der Waals surface area contributed by atoms with Gasteiger partial charge in [-0.1, -0.05) is 0 Å². The Bertz CT molecular complexity index is 342. The number of methoxy groups -OCH3 is 1. The number of aromatic nitrogens is 1. The van der Waals surface area contributed by atoms with E-state index in [-0.39, 0.29) is 0 Å². The van der Waals surface area contributed by atoms with E-state index >= 15 is 0 Å². The minimum Gasteiger partial charge on any atom is -0.493 e. The second kappa shape index (κ2) is 6.71. The minimum atomic E-state index is 0.417. The van der Waals surface area contributed by atoms with Gasteiger partial charge < -0.3 is 9.47 Å². The average molecular weight is 244 g/mol. The van der Waals surface area contributed by atoms with Gasteiger partial charge in [-0.2, -0.15) is 0 Å². The van der Waals surface area contributed by atoms with Gasteiger partial charge in [-0.15, -0.1) is 11.6 Å². The summed E-state index contributed by atoms with van der Waals surface area (Å²) in [4.78, 5) is 4.26. The van der Waals surface area contributed by atoms with Gasteiger partial charge in [0.25, 0.3) is 0 Å². The van der Waals surface area contributed by atoms with Crippen molar-refractivity contribution in [2.24, 2.45) is 0 Å². The van der Waals surface area contributed by atoms with Crippen LogP contribution < -0.4 is 4.74 Å². The molecule has 0 saturated heterocycles. The van der Waals surface area contributed by atoms with Crippen LogP contribution in [0.25, 0.3) is 0 Å². The van der Waals surface area contributed by atoms with Crippen LogP contribution in [0.1, 0.15) is 23.2 Å². The van der Waals surface area contributed by atoms with Crippen LogP contribution in [0.2, 0.25) is 0 Å². The van der Waals surface area contributed by atoms with E-state index in [0.717, 1.165) is 29.0 Å². The topological polar surface area (TPSA) is 31.4 Å². The van der Waals surface area contributed by atoms with Gasteiger partial charge in [0.2, 0.25) is 0 Å². The number of rotatable bonds is 6. The first-order valence-electron chi connectivity index (χ1n) is 5.33. The number of ether oxygens (including phenoxy) is 2. The van der Waals surface area contributed by atoms with Gasteiger partial charge in [0, 0.05) is 37.5 Å². The molecule has 1 heterocycles. The molecule has 0 atom stereocenters. The van der Waals surface area contributed by atoms with Crippen molar-refractivity contribution in [2.45, 2.75) is 26.1 Å². The number of alkyl halides is 1. The quantitative estimate of drug-likeness (QED) is 0.569. The molecule has 0 aliphatic heterocycles. The zero-order chi connectivity index (χ0) is 12.0. The van der Waals surface area contributed by atoms with Gasteiger partial charge in [0.15, 0.2) is 0 Å². The first-order chi connectivity index (χ1) is 7.70. The molecule has 16 heavy (non-hydrogen) atoms. The van der Waals surface area contributed by atoms with Gasteiger partial charge in [-0.3, -0.25) is 4.98 Å². The SMILES string of the molecule is COCCCOc1c(C)cnc(CCl)c1C. The van der Waals surface area contributed by atoms with Crippen molar-refractivity contribution in [1.29, 1.82) is 0 Å². The third-order valence-electron chi connectivity index (χ3n) is 2.41. The van der Waals surface area contributed by atoms with Gasteiger partial charge in [-0.25, -0.2) is 0 Å². The summed E-state index contributed by atoms with van der Waals surface area (Å²) >= 11 is 5.80. The van der Waals surface area contributed by atoms with E-state index in [0.29, 0.717) is 19.1 Å². The highest BCUT2D eigenvalue weighted by Crippen LogP contribution is 2.25. The van der Waals surface area contributed by atoms with E-state index in [1.165, 1.54) is 0 Å². The molecule has 0 fully saturated rings. The van der Waals surface area contributed by atoms with E-state index in [4.69, 9.17) is 21.1 Å². The smallest absolute Gasteiger partial charge is 0.128 e. The van der Waals surface area contributed by atoms with E-state index in [9.17, 15) is 0 Å². The molecule has 3 nitrogen and oxygen atoms in total. The molecule has 1 rings (SSSR count). The van der Waals surface area contributed by atoms with E-state index in [1.54, 1.807) is 13.3 Å². The minimum absolute atomic E-state index is 0.417. The molecular weight excluding hydrogens is 226 g/mol. The molecule has 1 aromatic rings. The van der Waals surface area contributed by atoms with Crippen LogP contribution in [0, 0.1) is 13.8 Å². The maximum atomic E-state index is 5.80. The summed E-state index contributed by atoms with van der Waals surface area (Å²) in [6.07, 6.45) is 2.68. The highest BCUT2D eigenvalue weighted by Gasteiger charge is 2.09. The lowest BCUT2D eigenvalue weighted by molar-refractivity contribution is 0.171. The van der Waals surface area contributed by atoms with Crippen LogP contribution in [-0.4, -0.2) is 25.3 Å². The molecule has 0 aromatic carbocycles. The molecule has 0 amide bonds. The summed E-state index contributed by atoms with van der Waals surface area (Å²) in [5, 5.41) is 0. The van der Waals surface area contributed by atoms with Crippen LogP contribution in [0.15, 0.2) is 6.20 Å². The molecule has 0 spiro atoms. The Labute approximate surface area is 102 Å². The Hall–Kier alpha value is -0.800. The number of hydrogen-bond donors (Lipinski definition) is 0. The first kappa shape index (κ1) is 13.3. The summed E-state index contributed by atoms with van der Waals surface area (Å²) in [7, 11) is 1.69. The Balaban J connectivity index is 2.70. The number of pyridine rings is 1. The lowest BCUT2D eigenvalue weighted by Crippen LogP contribution is -2.05. The van der Waals surface area contributed by atoms with Crippen molar-refractivity contribution >= 4 is 11.6 Å². The zero-order valence-electron chi connectivity index (χ0n) is 10.0. The van der Waals surface area contributed by atoms with E-state index in [1.807, 2.05) is 13.8 Å². The highest BCUT2D eigenvalue weighted by atomic mass is 35.5. The molecule has 0 unspecified atom stereocenters. The summed E-state index contributed by atoms with van der Waals surface area (Å²) < 4.78 is 10.7. The van der Waals surface area contributed by atoms with Crippen LogP contribution in [-0.2, 0) is 10.6 Å². The third-order valence-corrected chi connectivity index (χ3v) is 2.66. The lowest BCUT2D eigenvalue weighted by atomic mass is 10.1. The normalized spacial score (nSPS) is 10.5. The molecule has 0 radical (unpaired) electrons. The molecule has 90 valence electrons. The predicted molar refractivity (Wildman–Crippen MR) is 65.3 cm³/mol. The van der Waals surface area contributed by atoms with Crippen LogP contribution in [0.3, 0.4) is 0 Å². The third kappa shape index (κ3) is 3.35. The van der Waals surface area contributed by atoms with Gasteiger partial charge in [0.05, 0.1) is 18.2 Å². The molecule has 0 bridgehead atoms. The van der Waals surface area contributed by atoms with Crippen molar-refractivity contribution < 1.29 is 9.47 Å². The standard InChI is InChI=1S/C12H18ClNO2/c1-9-8-14-11(7-13)10(2)12(9)16-6-4-5-15-3/h8H,4-7H2,1-3H3. The first-order valence-corrected chi connectivity index (χ1v) is 5.87. The molecular formula is C12H18ClNO2. The molecule has 0 aliphatic rings. The summed E-state index contributed by atoms with van der Waals surface area (Å²) in [5.41, 5.74) is 2.96. The van der Waals surface area contributed by atoms with Gasteiger partial charge >= 0.3 is 0 Å². The fraction of sp³-hybridized carbons (Fsp3) is 0.583. The van der Waals surface area contributed by atoms with Crippen molar-refractivity contribution in [3.05, 3.63) is 23.0 Å². The Morgan fingerprint density at radius 3 is 2.69 bits per heavy atom. The molecule has 0 aliphatic carbocycles. The maximum Gasteiger partial charge on any atom is 0.128 e. The number of hydrogen-bond acceptors (Lipinski definition) is 3. The van der Waals surface area contributed by atoms with Crippen LogP contribution >= 0.6 is 11.6 Å². The summed E-state index contributed by atoms with van der Waals surface area (Å²) in [6.45, 7) is 5.35. The molecule has 0 saturated carbocycles. The average Bonchev–Trinajstić information content (AvgIpc) is 2.28. The maximum absolute atomic E-state index is 5.80. The van der Waals surface area contributed by atoms with E-state index in [2.05, 4.69) is 4.98 Å². The molecule has 4 heteroatoms. The second-order valence-corrected chi connectivity index (χ2v) is 3.94. The molecule has 1 aromatic heterocycles. The van der Waals surface area contributed by atoms with Gasteiger partial charge in [0.1, 0.15) is 5.75 Å². The van der Waals surface area contributed by atoms with Crippen molar-refractivity contribution in [2.75, 3.05) is 20.3 Å². The second-order valence-electron chi connectivity index (χ2n) is 3.67. The fourth-order valence-electron chi connectivity index (χ4n) is 1.49. The summed E-state index contributed by atoms with van der Waals surface area (Å²) in [5.74, 6) is 1.32. The summed E-state index contributed by atoms with van der Waals surface area (Å²) in [6, 6.07) is 0. The van der Waals surface area contributed by atoms with E-state index < -0.39 is 0 Å². The lowest BCUT2D eigenvalue weighted by Gasteiger charge is -2.13. The van der Waals surface area contributed by atoms with Crippen LogP contribution in [0.5, 0.6) is 5.75 Å². The fourth-order valence-corrected chi connectivity index (χ4v) is 1.76. The number of halogens is 1.